The van der Waals surface area contributed by atoms with Gasteiger partial charge >= 0.3 is 0 Å². The number of anilines is 2. The number of aromatic nitrogens is 2. The van der Waals surface area contributed by atoms with Crippen LogP contribution in [0.4, 0.5) is 11.5 Å². The fourth-order valence-corrected chi connectivity index (χ4v) is 2.46. The number of ether oxygens (including phenoxy) is 2. The average Bonchev–Trinajstić information content (AvgIpc) is 3.19. The van der Waals surface area contributed by atoms with Crippen LogP contribution in [0.5, 0.6) is 11.5 Å². The summed E-state index contributed by atoms with van der Waals surface area (Å²) >= 11 is 0. The molecule has 1 amide bonds. The van der Waals surface area contributed by atoms with Crippen LogP contribution in [0, 0.1) is 6.92 Å². The van der Waals surface area contributed by atoms with Gasteiger partial charge in [0, 0.05) is 12.1 Å². The smallest absolute Gasteiger partial charge is 0.274 e. The monoisotopic (exact) mass is 368 g/mol. The van der Waals surface area contributed by atoms with Gasteiger partial charge in [-0.15, -0.1) is 0 Å². The fourth-order valence-electron chi connectivity index (χ4n) is 2.46. The van der Waals surface area contributed by atoms with Crippen molar-refractivity contribution in [2.24, 2.45) is 0 Å². The van der Waals surface area contributed by atoms with Crippen LogP contribution in [-0.4, -0.2) is 30.1 Å². The first-order valence-corrected chi connectivity index (χ1v) is 8.24. The quantitative estimate of drug-likeness (QED) is 0.660. The third-order valence-electron chi connectivity index (χ3n) is 3.75. The number of furan rings is 1. The van der Waals surface area contributed by atoms with E-state index in [1.807, 2.05) is 12.1 Å². The number of nitrogens with zero attached hydrogens (tertiary/aromatic N) is 2. The predicted octanol–water partition coefficient (Wildman–Crippen LogP) is 3.26. The number of carbonyl (C=O) groups excluding carboxylic acids is 1. The molecule has 0 radical (unpaired) electrons. The molecule has 0 unspecified atom stereocenters. The first-order chi connectivity index (χ1) is 13.1. The van der Waals surface area contributed by atoms with E-state index in [0.717, 1.165) is 5.76 Å². The minimum atomic E-state index is -0.381. The van der Waals surface area contributed by atoms with Gasteiger partial charge in [-0.1, -0.05) is 0 Å². The second-order valence-corrected chi connectivity index (χ2v) is 5.64. The summed E-state index contributed by atoms with van der Waals surface area (Å²) in [4.78, 5) is 21.2. The van der Waals surface area contributed by atoms with E-state index in [1.54, 1.807) is 44.6 Å². The van der Waals surface area contributed by atoms with E-state index in [0.29, 0.717) is 35.4 Å². The van der Waals surface area contributed by atoms with Crippen molar-refractivity contribution in [2.75, 3.05) is 24.9 Å². The maximum atomic E-state index is 12.7. The molecular weight excluding hydrogens is 348 g/mol. The maximum Gasteiger partial charge on any atom is 0.274 e. The number of carbonyl (C=O) groups is 1. The molecule has 27 heavy (non-hydrogen) atoms. The zero-order valence-corrected chi connectivity index (χ0v) is 15.3. The van der Waals surface area contributed by atoms with E-state index in [-0.39, 0.29) is 11.6 Å². The Morgan fingerprint density at radius 2 is 2.00 bits per heavy atom. The molecule has 0 aliphatic rings. The standard InChI is InChI=1S/C19H20N4O4/c1-12-21-16(10-18(22-12)20-11-14-5-4-8-27-14)19(24)23-15-9-13(25-2)6-7-17(15)26-3/h4-10H,11H2,1-3H3,(H,23,24)(H,20,21,22). The Labute approximate surface area is 156 Å². The van der Waals surface area contributed by atoms with Gasteiger partial charge < -0.3 is 24.5 Å². The van der Waals surface area contributed by atoms with Crippen molar-refractivity contribution in [3.63, 3.8) is 0 Å². The van der Waals surface area contributed by atoms with Crippen molar-refractivity contribution < 1.29 is 18.7 Å². The average molecular weight is 368 g/mol. The summed E-state index contributed by atoms with van der Waals surface area (Å²) < 4.78 is 15.8. The second-order valence-electron chi connectivity index (χ2n) is 5.64. The lowest BCUT2D eigenvalue weighted by Gasteiger charge is -2.12. The lowest BCUT2D eigenvalue weighted by Crippen LogP contribution is -2.16. The van der Waals surface area contributed by atoms with Crippen LogP contribution in [0.15, 0.2) is 47.1 Å². The third-order valence-corrected chi connectivity index (χ3v) is 3.75. The Hall–Kier alpha value is -3.55. The molecule has 2 heterocycles. The van der Waals surface area contributed by atoms with E-state index in [1.165, 1.54) is 7.11 Å². The first kappa shape index (κ1) is 18.2. The highest BCUT2D eigenvalue weighted by Crippen LogP contribution is 2.29. The van der Waals surface area contributed by atoms with Gasteiger partial charge in [0.15, 0.2) is 0 Å². The number of rotatable bonds is 7. The summed E-state index contributed by atoms with van der Waals surface area (Å²) in [5.41, 5.74) is 0.720. The topological polar surface area (TPSA) is 98.5 Å². The van der Waals surface area contributed by atoms with E-state index >= 15 is 0 Å². The molecule has 0 saturated heterocycles. The van der Waals surface area contributed by atoms with Crippen molar-refractivity contribution >= 4 is 17.4 Å². The molecule has 2 aromatic heterocycles. The molecular formula is C19H20N4O4. The normalized spacial score (nSPS) is 10.3. The Balaban J connectivity index is 1.78. The Morgan fingerprint density at radius 3 is 2.70 bits per heavy atom. The molecule has 0 saturated carbocycles. The van der Waals surface area contributed by atoms with Crippen LogP contribution in [0.25, 0.3) is 0 Å². The zero-order valence-electron chi connectivity index (χ0n) is 15.3. The molecule has 2 N–H and O–H groups in total. The minimum Gasteiger partial charge on any atom is -0.497 e. The Morgan fingerprint density at radius 1 is 1.15 bits per heavy atom. The molecule has 0 aliphatic heterocycles. The molecule has 0 fully saturated rings. The number of nitrogens with one attached hydrogen (secondary N) is 2. The molecule has 1 aromatic carbocycles. The van der Waals surface area contributed by atoms with E-state index in [9.17, 15) is 4.79 Å². The molecule has 140 valence electrons. The highest BCUT2D eigenvalue weighted by molar-refractivity contribution is 6.04. The van der Waals surface area contributed by atoms with E-state index < -0.39 is 0 Å². The summed E-state index contributed by atoms with van der Waals surface area (Å²) in [5, 5.41) is 5.91. The zero-order chi connectivity index (χ0) is 19.2. The fraction of sp³-hybridized carbons (Fsp3) is 0.211. The van der Waals surface area contributed by atoms with Crippen LogP contribution in [-0.2, 0) is 6.54 Å². The van der Waals surface area contributed by atoms with Crippen LogP contribution >= 0.6 is 0 Å². The van der Waals surface area contributed by atoms with Crippen LogP contribution in [0.2, 0.25) is 0 Å². The largest absolute Gasteiger partial charge is 0.497 e. The summed E-state index contributed by atoms with van der Waals surface area (Å²) in [6, 6.07) is 10.4. The van der Waals surface area contributed by atoms with Crippen molar-refractivity contribution in [2.45, 2.75) is 13.5 Å². The Kier molecular flexibility index (Phi) is 5.55. The van der Waals surface area contributed by atoms with Gasteiger partial charge in [-0.2, -0.15) is 0 Å². The maximum absolute atomic E-state index is 12.7. The van der Waals surface area contributed by atoms with Crippen molar-refractivity contribution in [3.05, 3.63) is 59.9 Å². The Bertz CT molecular complexity index is 925. The second kappa shape index (κ2) is 8.22. The third kappa shape index (κ3) is 4.55. The summed E-state index contributed by atoms with van der Waals surface area (Å²) in [7, 11) is 3.08. The predicted molar refractivity (Wildman–Crippen MR) is 100 cm³/mol. The highest BCUT2D eigenvalue weighted by atomic mass is 16.5. The number of aryl methyl sites for hydroxylation is 1. The van der Waals surface area contributed by atoms with Gasteiger partial charge in [-0.3, -0.25) is 4.79 Å². The van der Waals surface area contributed by atoms with Crippen molar-refractivity contribution in [3.8, 4) is 11.5 Å². The van der Waals surface area contributed by atoms with Crippen molar-refractivity contribution in [1.82, 2.24) is 9.97 Å². The highest BCUT2D eigenvalue weighted by Gasteiger charge is 2.14. The summed E-state index contributed by atoms with van der Waals surface area (Å²) in [6.45, 7) is 2.18. The first-order valence-electron chi connectivity index (χ1n) is 8.24. The van der Waals surface area contributed by atoms with Gasteiger partial charge in [-0.05, 0) is 31.2 Å². The van der Waals surface area contributed by atoms with Gasteiger partial charge in [0.2, 0.25) is 0 Å². The lowest BCUT2D eigenvalue weighted by atomic mass is 10.2. The SMILES string of the molecule is COc1ccc(OC)c(NC(=O)c2cc(NCc3ccco3)nc(C)n2)c1. The molecule has 3 aromatic rings. The number of methoxy groups -OCH3 is 2. The molecule has 0 atom stereocenters. The number of hydrogen-bond acceptors (Lipinski definition) is 7. The van der Waals surface area contributed by atoms with Crippen LogP contribution < -0.4 is 20.1 Å². The molecule has 0 aliphatic carbocycles. The summed E-state index contributed by atoms with van der Waals surface area (Å²) in [5.74, 6) is 2.51. The van der Waals surface area contributed by atoms with Crippen LogP contribution in [0.3, 0.4) is 0 Å². The lowest BCUT2D eigenvalue weighted by molar-refractivity contribution is 0.102. The van der Waals surface area contributed by atoms with E-state index in [2.05, 4.69) is 20.6 Å². The number of amides is 1. The molecule has 8 nitrogen and oxygen atoms in total. The number of benzene rings is 1. The van der Waals surface area contributed by atoms with Gasteiger partial charge in [-0.25, -0.2) is 9.97 Å². The van der Waals surface area contributed by atoms with Gasteiger partial charge in [0.05, 0.1) is 32.7 Å². The number of hydrogen-bond donors (Lipinski definition) is 2. The molecule has 0 bridgehead atoms. The van der Waals surface area contributed by atoms with Crippen LogP contribution in [0.1, 0.15) is 22.1 Å². The van der Waals surface area contributed by atoms with Gasteiger partial charge in [0.25, 0.3) is 5.91 Å². The molecule has 3 rings (SSSR count). The summed E-state index contributed by atoms with van der Waals surface area (Å²) in [6.07, 6.45) is 1.60. The van der Waals surface area contributed by atoms with Gasteiger partial charge in [0.1, 0.15) is 34.6 Å². The van der Waals surface area contributed by atoms with Crippen molar-refractivity contribution in [1.29, 1.82) is 0 Å². The molecule has 0 spiro atoms. The van der Waals surface area contributed by atoms with E-state index in [4.69, 9.17) is 13.9 Å². The minimum absolute atomic E-state index is 0.231. The molecule has 8 heteroatoms.